The first kappa shape index (κ1) is 16.8. The molecule has 27 heavy (non-hydrogen) atoms. The lowest BCUT2D eigenvalue weighted by molar-refractivity contribution is 0.144. The van der Waals surface area contributed by atoms with Gasteiger partial charge in [0.15, 0.2) is 0 Å². The molecule has 1 amide bonds. The van der Waals surface area contributed by atoms with Crippen molar-refractivity contribution in [3.05, 3.63) is 83.9 Å². The zero-order chi connectivity index (χ0) is 18.5. The summed E-state index contributed by atoms with van der Waals surface area (Å²) in [6.45, 7) is 0.491. The fraction of sp³-hybridized carbons (Fsp3) is 0.136. The van der Waals surface area contributed by atoms with Gasteiger partial charge in [0.1, 0.15) is 12.9 Å². The molecule has 0 saturated carbocycles. The van der Waals surface area contributed by atoms with E-state index >= 15 is 0 Å². The van der Waals surface area contributed by atoms with Crippen molar-refractivity contribution in [3.8, 4) is 23.0 Å². The van der Waals surface area contributed by atoms with Crippen molar-refractivity contribution in [2.45, 2.75) is 5.92 Å². The van der Waals surface area contributed by atoms with Gasteiger partial charge in [-0.15, -0.1) is 0 Å². The van der Waals surface area contributed by atoms with Crippen LogP contribution >= 0.6 is 0 Å². The van der Waals surface area contributed by atoms with E-state index < -0.39 is 6.09 Å². The molecular formula is C22H17N3O2. The van der Waals surface area contributed by atoms with Gasteiger partial charge in [0.2, 0.25) is 0 Å². The van der Waals surface area contributed by atoms with Crippen molar-refractivity contribution >= 4 is 6.09 Å². The number of alkyl carbamates (subject to hydrolysis) is 1. The first-order chi connectivity index (χ1) is 13.3. The SMILES string of the molecule is O=C(NCC#Cc1cncnc1)OCC1c2ccccc2-c2ccccc21. The molecule has 5 heteroatoms. The molecule has 0 atom stereocenters. The van der Waals surface area contributed by atoms with Crippen LogP contribution in [0.4, 0.5) is 4.79 Å². The molecule has 1 aromatic heterocycles. The maximum absolute atomic E-state index is 12.0. The van der Waals surface area contributed by atoms with E-state index in [-0.39, 0.29) is 12.5 Å². The van der Waals surface area contributed by atoms with Gasteiger partial charge in [-0.2, -0.15) is 0 Å². The van der Waals surface area contributed by atoms with Crippen LogP contribution in [0.25, 0.3) is 11.1 Å². The molecule has 0 bridgehead atoms. The molecule has 1 heterocycles. The first-order valence-electron chi connectivity index (χ1n) is 8.65. The summed E-state index contributed by atoms with van der Waals surface area (Å²) in [7, 11) is 0. The Kier molecular flexibility index (Phi) is 4.80. The average Bonchev–Trinajstić information content (AvgIpc) is 3.04. The highest BCUT2D eigenvalue weighted by Gasteiger charge is 2.28. The molecule has 132 valence electrons. The number of carbonyl (C=O) groups excluding carboxylic acids is 1. The predicted molar refractivity (Wildman–Crippen MR) is 102 cm³/mol. The number of rotatable bonds is 3. The Hall–Kier alpha value is -3.65. The monoisotopic (exact) mass is 355 g/mol. The van der Waals surface area contributed by atoms with E-state index in [1.165, 1.54) is 28.6 Å². The Morgan fingerprint density at radius 2 is 1.63 bits per heavy atom. The Bertz CT molecular complexity index is 977. The molecule has 0 aliphatic heterocycles. The molecule has 4 rings (SSSR count). The maximum Gasteiger partial charge on any atom is 0.407 e. The lowest BCUT2D eigenvalue weighted by Gasteiger charge is -2.14. The van der Waals surface area contributed by atoms with Gasteiger partial charge in [-0.1, -0.05) is 60.4 Å². The molecule has 3 aromatic rings. The van der Waals surface area contributed by atoms with E-state index in [9.17, 15) is 4.79 Å². The molecule has 5 nitrogen and oxygen atoms in total. The van der Waals surface area contributed by atoms with Crippen molar-refractivity contribution in [2.24, 2.45) is 0 Å². The second-order valence-electron chi connectivity index (χ2n) is 6.11. The fourth-order valence-corrected chi connectivity index (χ4v) is 3.28. The van der Waals surface area contributed by atoms with E-state index in [4.69, 9.17) is 4.74 Å². The van der Waals surface area contributed by atoms with Gasteiger partial charge in [0, 0.05) is 18.3 Å². The number of amides is 1. The maximum atomic E-state index is 12.0. The average molecular weight is 355 g/mol. The molecule has 2 aromatic carbocycles. The number of fused-ring (bicyclic) bond motifs is 3. The number of nitrogens with zero attached hydrogens (tertiary/aromatic N) is 2. The van der Waals surface area contributed by atoms with Crippen molar-refractivity contribution in [1.29, 1.82) is 0 Å². The third-order valence-electron chi connectivity index (χ3n) is 4.46. The molecule has 0 radical (unpaired) electrons. The Morgan fingerprint density at radius 3 is 2.30 bits per heavy atom. The lowest BCUT2D eigenvalue weighted by atomic mass is 9.98. The van der Waals surface area contributed by atoms with E-state index in [0.717, 1.165) is 0 Å². The summed E-state index contributed by atoms with van der Waals surface area (Å²) < 4.78 is 5.45. The minimum absolute atomic E-state index is 0.0516. The highest BCUT2D eigenvalue weighted by Crippen LogP contribution is 2.44. The van der Waals surface area contributed by atoms with Crippen LogP contribution in [0, 0.1) is 11.8 Å². The number of nitrogens with one attached hydrogen (secondary N) is 1. The van der Waals surface area contributed by atoms with Crippen molar-refractivity contribution in [1.82, 2.24) is 15.3 Å². The van der Waals surface area contributed by atoms with Crippen LogP contribution in [0.5, 0.6) is 0 Å². The normalized spacial score (nSPS) is 11.7. The van der Waals surface area contributed by atoms with E-state index in [1.807, 2.05) is 24.3 Å². The summed E-state index contributed by atoms with van der Waals surface area (Å²) in [5, 5.41) is 2.65. The number of ether oxygens (including phenoxy) is 1. The van der Waals surface area contributed by atoms with Gasteiger partial charge in [0.25, 0.3) is 0 Å². The van der Waals surface area contributed by atoms with Gasteiger partial charge in [-0.25, -0.2) is 14.8 Å². The van der Waals surface area contributed by atoms with Gasteiger partial charge in [0.05, 0.1) is 12.1 Å². The van der Waals surface area contributed by atoms with E-state index in [0.29, 0.717) is 12.2 Å². The number of carbonyl (C=O) groups is 1. The van der Waals surface area contributed by atoms with Gasteiger partial charge in [-0.05, 0) is 22.3 Å². The largest absolute Gasteiger partial charge is 0.449 e. The molecule has 0 spiro atoms. The van der Waals surface area contributed by atoms with Gasteiger partial charge >= 0.3 is 6.09 Å². The van der Waals surface area contributed by atoms with Crippen LogP contribution < -0.4 is 5.32 Å². The van der Waals surface area contributed by atoms with Crippen molar-refractivity contribution < 1.29 is 9.53 Å². The lowest BCUT2D eigenvalue weighted by Crippen LogP contribution is -2.26. The Balaban J connectivity index is 1.36. The fourth-order valence-electron chi connectivity index (χ4n) is 3.28. The Labute approximate surface area is 157 Å². The summed E-state index contributed by atoms with van der Waals surface area (Å²) in [6.07, 6.45) is 4.20. The van der Waals surface area contributed by atoms with Crippen LogP contribution in [0.2, 0.25) is 0 Å². The highest BCUT2D eigenvalue weighted by atomic mass is 16.5. The number of hydrogen-bond donors (Lipinski definition) is 1. The van der Waals surface area contributed by atoms with Crippen LogP contribution in [-0.2, 0) is 4.74 Å². The van der Waals surface area contributed by atoms with Gasteiger partial charge in [-0.3, -0.25) is 0 Å². The highest BCUT2D eigenvalue weighted by molar-refractivity contribution is 5.79. The molecule has 1 aliphatic rings. The summed E-state index contributed by atoms with van der Waals surface area (Å²) in [6, 6.07) is 16.5. The van der Waals surface area contributed by atoms with E-state index in [1.54, 1.807) is 12.4 Å². The first-order valence-corrected chi connectivity index (χ1v) is 8.65. The van der Waals surface area contributed by atoms with Gasteiger partial charge < -0.3 is 10.1 Å². The summed E-state index contributed by atoms with van der Waals surface area (Å²) in [5.74, 6) is 5.78. The third kappa shape index (κ3) is 3.65. The molecule has 1 aliphatic carbocycles. The number of aromatic nitrogens is 2. The van der Waals surface area contributed by atoms with E-state index in [2.05, 4.69) is 51.4 Å². The van der Waals surface area contributed by atoms with Crippen molar-refractivity contribution in [3.63, 3.8) is 0 Å². The molecule has 0 saturated heterocycles. The second kappa shape index (κ2) is 7.71. The molecular weight excluding hydrogens is 338 g/mol. The molecule has 0 fully saturated rings. The minimum atomic E-state index is -0.476. The zero-order valence-corrected chi connectivity index (χ0v) is 14.6. The predicted octanol–water partition coefficient (Wildman–Crippen LogP) is 3.37. The number of benzene rings is 2. The smallest absolute Gasteiger partial charge is 0.407 e. The topological polar surface area (TPSA) is 64.1 Å². The van der Waals surface area contributed by atoms with Crippen molar-refractivity contribution in [2.75, 3.05) is 13.2 Å². The summed E-state index contributed by atoms with van der Waals surface area (Å²) >= 11 is 0. The molecule has 0 unspecified atom stereocenters. The second-order valence-corrected chi connectivity index (χ2v) is 6.11. The number of hydrogen-bond acceptors (Lipinski definition) is 4. The summed E-state index contributed by atoms with van der Waals surface area (Å²) in [4.78, 5) is 19.8. The van der Waals surface area contributed by atoms with Crippen LogP contribution in [0.3, 0.4) is 0 Å². The zero-order valence-electron chi connectivity index (χ0n) is 14.6. The minimum Gasteiger partial charge on any atom is -0.449 e. The van der Waals surface area contributed by atoms with Crippen LogP contribution in [0.15, 0.2) is 67.3 Å². The Morgan fingerprint density at radius 1 is 1.00 bits per heavy atom. The summed E-state index contributed by atoms with van der Waals surface area (Å²) in [5.41, 5.74) is 5.49. The quantitative estimate of drug-likeness (QED) is 0.732. The third-order valence-corrected chi connectivity index (χ3v) is 4.46. The van der Waals surface area contributed by atoms with Crippen LogP contribution in [-0.4, -0.2) is 29.2 Å². The van der Waals surface area contributed by atoms with Crippen LogP contribution in [0.1, 0.15) is 22.6 Å². The standard InChI is InChI=1S/C22H17N3O2/c26-22(25-11-5-6-16-12-23-15-24-13-16)27-14-21-19-9-3-1-7-17(19)18-8-2-4-10-20(18)21/h1-4,7-10,12-13,15,21H,11,14H2,(H,25,26). The molecule has 1 N–H and O–H groups in total.